The Morgan fingerprint density at radius 2 is 2.50 bits per heavy atom. The van der Waals surface area contributed by atoms with Crippen molar-refractivity contribution in [2.75, 3.05) is 13.6 Å². The van der Waals surface area contributed by atoms with Crippen LogP contribution in [0.25, 0.3) is 0 Å². The van der Waals surface area contributed by atoms with Crippen LogP contribution < -0.4 is 5.32 Å². The zero-order chi connectivity index (χ0) is 4.99. The number of likely N-dealkylation sites (N-methyl/N-ethyl adjacent to an activating group) is 1. The molecular weight excluding hydrogens is 97.0 g/mol. The Hall–Kier alpha value is 0.0600. The third kappa shape index (κ3) is 4.06. The molecule has 0 fully saturated rings. The summed E-state index contributed by atoms with van der Waals surface area (Å²) in [6, 6.07) is 0. The van der Waals surface area contributed by atoms with Crippen LogP contribution in [0.3, 0.4) is 0 Å². The van der Waals surface area contributed by atoms with Crippen LogP contribution in [0.2, 0.25) is 0 Å². The van der Waals surface area contributed by atoms with Crippen LogP contribution >= 0.6 is 9.24 Å². The van der Waals surface area contributed by atoms with Crippen LogP contribution in [0.1, 0.15) is 0 Å². The van der Waals surface area contributed by atoms with Gasteiger partial charge >= 0.3 is 0 Å². The van der Waals surface area contributed by atoms with E-state index in [2.05, 4.69) is 14.6 Å². The van der Waals surface area contributed by atoms with Gasteiger partial charge in [-0.3, -0.25) is 4.79 Å². The van der Waals surface area contributed by atoms with Gasteiger partial charge in [0.05, 0.1) is 6.54 Å². The van der Waals surface area contributed by atoms with Crippen LogP contribution in [0.15, 0.2) is 0 Å². The molecule has 36 valence electrons. The minimum Gasteiger partial charge on any atom is -0.313 e. The molecule has 0 aromatic rings. The topological polar surface area (TPSA) is 29.1 Å². The first-order valence-corrected chi connectivity index (χ1v) is 2.28. The Morgan fingerprint density at radius 1 is 2.00 bits per heavy atom. The number of carbonyl (C=O) groups is 1. The molecule has 0 aliphatic carbocycles. The molecule has 0 aliphatic heterocycles. The molecule has 1 N–H and O–H groups in total. The van der Waals surface area contributed by atoms with E-state index < -0.39 is 0 Å². The van der Waals surface area contributed by atoms with Gasteiger partial charge in [-0.1, -0.05) is 9.24 Å². The first-order chi connectivity index (χ1) is 2.77. The van der Waals surface area contributed by atoms with Gasteiger partial charge in [0.2, 0.25) is 0 Å². The molecule has 1 atom stereocenters. The zero-order valence-corrected chi connectivity index (χ0v) is 4.85. The molecule has 0 saturated heterocycles. The quantitative estimate of drug-likeness (QED) is 0.484. The highest BCUT2D eigenvalue weighted by atomic mass is 31.0. The highest BCUT2D eigenvalue weighted by Crippen LogP contribution is 1.77. The zero-order valence-electron chi connectivity index (χ0n) is 3.69. The SMILES string of the molecule is CNCC(=O)P. The van der Waals surface area contributed by atoms with Crippen LogP contribution in [-0.4, -0.2) is 19.1 Å². The van der Waals surface area contributed by atoms with Crippen LogP contribution in [0.5, 0.6) is 0 Å². The van der Waals surface area contributed by atoms with Crippen molar-refractivity contribution in [3.63, 3.8) is 0 Å². The maximum atomic E-state index is 9.94. The van der Waals surface area contributed by atoms with Crippen molar-refractivity contribution < 1.29 is 4.79 Å². The number of carbonyl (C=O) groups excluding carboxylic acids is 1. The van der Waals surface area contributed by atoms with E-state index in [1.54, 1.807) is 7.05 Å². The van der Waals surface area contributed by atoms with Gasteiger partial charge in [-0.05, 0) is 7.05 Å². The first kappa shape index (κ1) is 6.06. The summed E-state index contributed by atoms with van der Waals surface area (Å²) >= 11 is 0. The Kier molecular flexibility index (Phi) is 3.29. The molecule has 6 heavy (non-hydrogen) atoms. The summed E-state index contributed by atoms with van der Waals surface area (Å²) in [5, 5.41) is 2.70. The molecule has 1 unspecified atom stereocenters. The highest BCUT2D eigenvalue weighted by molar-refractivity contribution is 7.40. The molecule has 0 rings (SSSR count). The predicted molar refractivity (Wildman–Crippen MR) is 28.6 cm³/mol. The Labute approximate surface area is 39.5 Å². The minimum atomic E-state index is 0.0949. The molecule has 0 bridgehead atoms. The van der Waals surface area contributed by atoms with Crippen LogP contribution in [-0.2, 0) is 4.79 Å². The molecule has 0 aromatic heterocycles. The number of hydrogen-bond donors (Lipinski definition) is 1. The molecule has 0 aliphatic rings. The second-order valence-electron chi connectivity index (χ2n) is 0.997. The van der Waals surface area contributed by atoms with Gasteiger partial charge in [0, 0.05) is 0 Å². The van der Waals surface area contributed by atoms with Crippen LogP contribution in [0.4, 0.5) is 0 Å². The molecule has 0 radical (unpaired) electrons. The van der Waals surface area contributed by atoms with Crippen molar-refractivity contribution in [3.8, 4) is 0 Å². The van der Waals surface area contributed by atoms with Gasteiger partial charge in [0.15, 0.2) is 5.52 Å². The van der Waals surface area contributed by atoms with Crippen molar-refractivity contribution in [2.24, 2.45) is 0 Å². The molecule has 0 saturated carbocycles. The maximum Gasteiger partial charge on any atom is 0.161 e. The predicted octanol–water partition coefficient (Wildman–Crippen LogP) is -0.393. The summed E-state index contributed by atoms with van der Waals surface area (Å²) in [4.78, 5) is 9.94. The van der Waals surface area contributed by atoms with Gasteiger partial charge in [0.25, 0.3) is 0 Å². The Morgan fingerprint density at radius 3 is 2.50 bits per heavy atom. The Bertz CT molecular complexity index is 54.8. The van der Waals surface area contributed by atoms with E-state index in [9.17, 15) is 4.79 Å². The minimum absolute atomic E-state index is 0.0949. The Balaban J connectivity index is 2.83. The van der Waals surface area contributed by atoms with Gasteiger partial charge in [-0.15, -0.1) is 0 Å². The first-order valence-electron chi connectivity index (χ1n) is 1.70. The fraction of sp³-hybridized carbons (Fsp3) is 0.667. The second-order valence-corrected chi connectivity index (χ2v) is 1.64. The summed E-state index contributed by atoms with van der Waals surface area (Å²) in [5.41, 5.74) is 0.0949. The van der Waals surface area contributed by atoms with Gasteiger partial charge in [-0.25, -0.2) is 0 Å². The van der Waals surface area contributed by atoms with Crippen molar-refractivity contribution >= 4 is 14.8 Å². The summed E-state index contributed by atoms with van der Waals surface area (Å²) < 4.78 is 0. The van der Waals surface area contributed by atoms with E-state index in [1.807, 2.05) is 0 Å². The lowest BCUT2D eigenvalue weighted by Crippen LogP contribution is -2.12. The average molecular weight is 105 g/mol. The number of rotatable bonds is 2. The summed E-state index contributed by atoms with van der Waals surface area (Å²) in [6.45, 7) is 0.449. The molecule has 0 aromatic carbocycles. The monoisotopic (exact) mass is 105 g/mol. The summed E-state index contributed by atoms with van der Waals surface area (Å²) in [5.74, 6) is 0. The van der Waals surface area contributed by atoms with E-state index in [1.165, 1.54) is 0 Å². The van der Waals surface area contributed by atoms with Gasteiger partial charge in [-0.2, -0.15) is 0 Å². The fourth-order valence-corrected chi connectivity index (χ4v) is 0.378. The largest absolute Gasteiger partial charge is 0.313 e. The van der Waals surface area contributed by atoms with E-state index >= 15 is 0 Å². The maximum absolute atomic E-state index is 9.94. The molecule has 0 spiro atoms. The molecule has 0 amide bonds. The van der Waals surface area contributed by atoms with E-state index in [0.29, 0.717) is 6.54 Å². The standard InChI is InChI=1S/C3H8NOP/c1-4-2-3(5)6/h4H,2,6H2,1H3. The fourth-order valence-electron chi connectivity index (χ4n) is 0.174. The van der Waals surface area contributed by atoms with E-state index in [4.69, 9.17) is 0 Å². The third-order valence-corrected chi connectivity index (χ3v) is 0.555. The van der Waals surface area contributed by atoms with E-state index in [0.717, 1.165) is 0 Å². The van der Waals surface area contributed by atoms with Gasteiger partial charge in [0.1, 0.15) is 0 Å². The lowest BCUT2D eigenvalue weighted by atomic mass is 10.7. The highest BCUT2D eigenvalue weighted by Gasteiger charge is 1.82. The number of nitrogens with one attached hydrogen (secondary N) is 1. The lowest BCUT2D eigenvalue weighted by molar-refractivity contribution is -0.110. The van der Waals surface area contributed by atoms with Crippen molar-refractivity contribution in [1.82, 2.24) is 5.32 Å². The molecule has 0 heterocycles. The lowest BCUT2D eigenvalue weighted by Gasteiger charge is -1.84. The van der Waals surface area contributed by atoms with Crippen molar-refractivity contribution in [2.45, 2.75) is 0 Å². The second kappa shape index (κ2) is 3.26. The van der Waals surface area contributed by atoms with E-state index in [-0.39, 0.29) is 5.52 Å². The molecule has 3 heteroatoms. The number of hydrogen-bond acceptors (Lipinski definition) is 2. The summed E-state index contributed by atoms with van der Waals surface area (Å²) in [7, 11) is 3.82. The van der Waals surface area contributed by atoms with Crippen molar-refractivity contribution in [3.05, 3.63) is 0 Å². The normalized spacial score (nSPS) is 8.33. The van der Waals surface area contributed by atoms with Crippen LogP contribution in [0, 0.1) is 0 Å². The average Bonchev–Trinajstić information content (AvgIpc) is 1.35. The van der Waals surface area contributed by atoms with Gasteiger partial charge < -0.3 is 5.32 Å². The molecular formula is C3H8NOP. The summed E-state index contributed by atoms with van der Waals surface area (Å²) in [6.07, 6.45) is 0. The third-order valence-electron chi connectivity index (χ3n) is 0.351. The smallest absolute Gasteiger partial charge is 0.161 e. The molecule has 2 nitrogen and oxygen atoms in total. The van der Waals surface area contributed by atoms with Crippen molar-refractivity contribution in [1.29, 1.82) is 0 Å².